The molecule has 0 aromatic heterocycles. The summed E-state index contributed by atoms with van der Waals surface area (Å²) in [6.45, 7) is 10.7. The minimum Gasteiger partial charge on any atom is -0.480 e. The first kappa shape index (κ1) is 16.2. The number of carbonyl (C=O) groups is 1. The van der Waals surface area contributed by atoms with Crippen LogP contribution in [0.3, 0.4) is 0 Å². The molecule has 1 fully saturated rings. The number of rotatable bonds is 6. The van der Waals surface area contributed by atoms with Crippen LogP contribution in [0.4, 0.5) is 0 Å². The van der Waals surface area contributed by atoms with Gasteiger partial charge >= 0.3 is 5.97 Å². The van der Waals surface area contributed by atoms with E-state index in [-0.39, 0.29) is 12.3 Å². The van der Waals surface area contributed by atoms with E-state index in [1.807, 2.05) is 18.7 Å². The fraction of sp³-hybridized carbons (Fsp3) is 0.800. The number of carboxylic acid groups (broad SMARTS) is 1. The SMILES string of the molecule is CC(C)=CCCC(C)C1OCC(C(=O)O)N1C(C)C. The van der Waals surface area contributed by atoms with Gasteiger partial charge in [0.1, 0.15) is 12.3 Å². The van der Waals surface area contributed by atoms with Crippen molar-refractivity contribution in [2.24, 2.45) is 5.92 Å². The molecule has 4 nitrogen and oxygen atoms in total. The Morgan fingerprint density at radius 2 is 2.05 bits per heavy atom. The standard InChI is InChI=1S/C15H27NO3/c1-10(2)7-6-8-12(5)14-16(11(3)4)13(9-19-14)15(17)18/h7,11-14H,6,8-9H2,1-5H3,(H,17,18). The normalized spacial score (nSPS) is 25.6. The third kappa shape index (κ3) is 4.32. The molecule has 0 radical (unpaired) electrons. The first-order chi connectivity index (χ1) is 8.84. The summed E-state index contributed by atoms with van der Waals surface area (Å²) in [5, 5.41) is 9.25. The van der Waals surface area contributed by atoms with Crippen LogP contribution in [0, 0.1) is 5.92 Å². The van der Waals surface area contributed by atoms with Gasteiger partial charge in [-0.2, -0.15) is 0 Å². The first-order valence-corrected chi connectivity index (χ1v) is 7.09. The number of hydrogen-bond acceptors (Lipinski definition) is 3. The van der Waals surface area contributed by atoms with Crippen molar-refractivity contribution in [3.05, 3.63) is 11.6 Å². The molecule has 0 saturated carbocycles. The van der Waals surface area contributed by atoms with Gasteiger partial charge in [-0.05, 0) is 46.5 Å². The van der Waals surface area contributed by atoms with E-state index in [1.165, 1.54) is 5.57 Å². The predicted molar refractivity (Wildman–Crippen MR) is 76.0 cm³/mol. The molecule has 3 unspecified atom stereocenters. The highest BCUT2D eigenvalue weighted by Gasteiger charge is 2.42. The smallest absolute Gasteiger partial charge is 0.323 e. The fourth-order valence-electron chi connectivity index (χ4n) is 2.63. The molecule has 1 heterocycles. The molecular weight excluding hydrogens is 242 g/mol. The topological polar surface area (TPSA) is 49.8 Å². The number of nitrogens with zero attached hydrogens (tertiary/aromatic N) is 1. The molecule has 1 saturated heterocycles. The number of carboxylic acids is 1. The van der Waals surface area contributed by atoms with Gasteiger partial charge in [-0.25, -0.2) is 0 Å². The summed E-state index contributed by atoms with van der Waals surface area (Å²) in [4.78, 5) is 13.3. The lowest BCUT2D eigenvalue weighted by Crippen LogP contribution is -2.48. The molecule has 1 aliphatic rings. The van der Waals surface area contributed by atoms with E-state index in [9.17, 15) is 9.90 Å². The Labute approximate surface area is 116 Å². The molecule has 1 aliphatic heterocycles. The van der Waals surface area contributed by atoms with Gasteiger partial charge in [0.25, 0.3) is 0 Å². The molecule has 1 rings (SSSR count). The van der Waals surface area contributed by atoms with Gasteiger partial charge in [-0.3, -0.25) is 9.69 Å². The number of hydrogen-bond donors (Lipinski definition) is 1. The predicted octanol–water partition coefficient (Wildman–Crippen LogP) is 2.89. The van der Waals surface area contributed by atoms with E-state index in [4.69, 9.17) is 4.74 Å². The summed E-state index contributed by atoms with van der Waals surface area (Å²) in [5.41, 5.74) is 1.32. The third-order valence-corrected chi connectivity index (χ3v) is 3.62. The van der Waals surface area contributed by atoms with Gasteiger partial charge in [-0.1, -0.05) is 18.6 Å². The van der Waals surface area contributed by atoms with Crippen LogP contribution >= 0.6 is 0 Å². The molecule has 0 amide bonds. The van der Waals surface area contributed by atoms with Crippen molar-refractivity contribution < 1.29 is 14.6 Å². The van der Waals surface area contributed by atoms with Crippen molar-refractivity contribution in [3.63, 3.8) is 0 Å². The molecule has 0 spiro atoms. The minimum absolute atomic E-state index is 0.0772. The fourth-order valence-corrected chi connectivity index (χ4v) is 2.63. The summed E-state index contributed by atoms with van der Waals surface area (Å²) in [5.74, 6) is -0.449. The maximum Gasteiger partial charge on any atom is 0.323 e. The van der Waals surface area contributed by atoms with E-state index < -0.39 is 12.0 Å². The second-order valence-electron chi connectivity index (χ2n) is 5.96. The summed E-state index contributed by atoms with van der Waals surface area (Å²) < 4.78 is 5.74. The maximum atomic E-state index is 11.3. The quantitative estimate of drug-likeness (QED) is 0.753. The van der Waals surface area contributed by atoms with Gasteiger partial charge in [0.05, 0.1) is 6.61 Å². The lowest BCUT2D eigenvalue weighted by Gasteiger charge is -2.33. The van der Waals surface area contributed by atoms with Crippen LogP contribution in [-0.4, -0.2) is 40.9 Å². The van der Waals surface area contributed by atoms with Crippen LogP contribution in [0.1, 0.15) is 47.5 Å². The second kappa shape index (κ2) is 7.06. The maximum absolute atomic E-state index is 11.3. The number of aliphatic carboxylic acids is 1. The molecule has 1 N–H and O–H groups in total. The highest BCUT2D eigenvalue weighted by atomic mass is 16.5. The zero-order valence-corrected chi connectivity index (χ0v) is 12.7. The Morgan fingerprint density at radius 3 is 2.53 bits per heavy atom. The molecular formula is C15H27NO3. The Kier molecular flexibility index (Phi) is 6.01. The Bertz CT molecular complexity index is 334. The summed E-state index contributed by atoms with van der Waals surface area (Å²) >= 11 is 0. The van der Waals surface area contributed by atoms with Crippen molar-refractivity contribution in [1.29, 1.82) is 0 Å². The van der Waals surface area contributed by atoms with Gasteiger partial charge in [0.2, 0.25) is 0 Å². The Hall–Kier alpha value is -0.870. The monoisotopic (exact) mass is 269 g/mol. The molecule has 4 heteroatoms. The van der Waals surface area contributed by atoms with Crippen LogP contribution < -0.4 is 0 Å². The average Bonchev–Trinajstić information content (AvgIpc) is 2.72. The zero-order chi connectivity index (χ0) is 14.6. The van der Waals surface area contributed by atoms with E-state index in [0.717, 1.165) is 12.8 Å². The van der Waals surface area contributed by atoms with Gasteiger partial charge in [-0.15, -0.1) is 0 Å². The third-order valence-electron chi connectivity index (χ3n) is 3.62. The Balaban J connectivity index is 2.65. The van der Waals surface area contributed by atoms with Crippen LogP contribution in [0.2, 0.25) is 0 Å². The van der Waals surface area contributed by atoms with E-state index in [2.05, 4.69) is 26.8 Å². The lowest BCUT2D eigenvalue weighted by atomic mass is 10.0. The summed E-state index contributed by atoms with van der Waals surface area (Å²) in [6, 6.07) is -0.324. The molecule has 110 valence electrons. The Morgan fingerprint density at radius 1 is 1.42 bits per heavy atom. The molecule has 3 atom stereocenters. The minimum atomic E-state index is -0.785. The molecule has 0 aromatic rings. The highest BCUT2D eigenvalue weighted by Crippen LogP contribution is 2.28. The first-order valence-electron chi connectivity index (χ1n) is 7.09. The summed E-state index contributed by atoms with van der Waals surface area (Å²) in [7, 11) is 0. The van der Waals surface area contributed by atoms with Crippen LogP contribution in [0.5, 0.6) is 0 Å². The van der Waals surface area contributed by atoms with Gasteiger partial charge in [0, 0.05) is 6.04 Å². The summed E-state index contributed by atoms with van der Waals surface area (Å²) in [6.07, 6.45) is 4.19. The largest absolute Gasteiger partial charge is 0.480 e. The van der Waals surface area contributed by atoms with Crippen LogP contribution in [0.15, 0.2) is 11.6 Å². The van der Waals surface area contributed by atoms with Crippen molar-refractivity contribution in [2.45, 2.75) is 65.8 Å². The van der Waals surface area contributed by atoms with Crippen molar-refractivity contribution in [1.82, 2.24) is 4.90 Å². The lowest BCUT2D eigenvalue weighted by molar-refractivity contribution is -0.143. The van der Waals surface area contributed by atoms with E-state index in [1.54, 1.807) is 0 Å². The number of ether oxygens (including phenoxy) is 1. The van der Waals surface area contributed by atoms with Crippen LogP contribution in [0.25, 0.3) is 0 Å². The number of allylic oxidation sites excluding steroid dienone is 2. The van der Waals surface area contributed by atoms with Crippen molar-refractivity contribution in [2.75, 3.05) is 6.61 Å². The van der Waals surface area contributed by atoms with Crippen molar-refractivity contribution in [3.8, 4) is 0 Å². The zero-order valence-electron chi connectivity index (χ0n) is 12.7. The van der Waals surface area contributed by atoms with E-state index in [0.29, 0.717) is 12.5 Å². The van der Waals surface area contributed by atoms with E-state index >= 15 is 0 Å². The van der Waals surface area contributed by atoms with Gasteiger partial charge < -0.3 is 9.84 Å². The van der Waals surface area contributed by atoms with Crippen LogP contribution in [-0.2, 0) is 9.53 Å². The molecule has 0 aliphatic carbocycles. The highest BCUT2D eigenvalue weighted by molar-refractivity contribution is 5.74. The molecule has 0 bridgehead atoms. The van der Waals surface area contributed by atoms with Gasteiger partial charge in [0.15, 0.2) is 0 Å². The molecule has 19 heavy (non-hydrogen) atoms. The molecule has 0 aromatic carbocycles. The second-order valence-corrected chi connectivity index (χ2v) is 5.96. The average molecular weight is 269 g/mol. The van der Waals surface area contributed by atoms with Crippen molar-refractivity contribution >= 4 is 5.97 Å².